The van der Waals surface area contributed by atoms with Crippen LogP contribution >= 0.6 is 12.2 Å². The van der Waals surface area contributed by atoms with Gasteiger partial charge in [0, 0.05) is 18.7 Å². The summed E-state index contributed by atoms with van der Waals surface area (Å²) in [5.41, 5.74) is 6.90. The lowest BCUT2D eigenvalue weighted by molar-refractivity contribution is 0.199. The van der Waals surface area contributed by atoms with Crippen LogP contribution in [0.15, 0.2) is 12.3 Å². The second-order valence-corrected chi connectivity index (χ2v) is 6.18. The SMILES string of the molecule is CCC(CC)n1ccc(CN2CCC(C(N)=S)CC2)n1. The van der Waals surface area contributed by atoms with Crippen LogP contribution in [0.25, 0.3) is 0 Å². The van der Waals surface area contributed by atoms with Gasteiger partial charge in [-0.05, 0) is 44.8 Å². The first-order chi connectivity index (χ1) is 9.63. The summed E-state index contributed by atoms with van der Waals surface area (Å²) in [6.45, 7) is 7.52. The molecule has 0 unspecified atom stereocenters. The molecule has 0 atom stereocenters. The van der Waals surface area contributed by atoms with Crippen molar-refractivity contribution >= 4 is 17.2 Å². The van der Waals surface area contributed by atoms with Gasteiger partial charge < -0.3 is 5.73 Å². The highest BCUT2D eigenvalue weighted by molar-refractivity contribution is 7.80. The van der Waals surface area contributed by atoms with Crippen LogP contribution < -0.4 is 5.73 Å². The molecule has 20 heavy (non-hydrogen) atoms. The van der Waals surface area contributed by atoms with Gasteiger partial charge in [-0.1, -0.05) is 26.1 Å². The molecule has 0 radical (unpaired) electrons. The average Bonchev–Trinajstić information content (AvgIpc) is 2.89. The molecule has 0 saturated carbocycles. The zero-order chi connectivity index (χ0) is 14.5. The van der Waals surface area contributed by atoms with E-state index < -0.39 is 0 Å². The van der Waals surface area contributed by atoms with Gasteiger partial charge in [-0.3, -0.25) is 9.58 Å². The van der Waals surface area contributed by atoms with Gasteiger partial charge in [-0.25, -0.2) is 0 Å². The standard InChI is InChI=1S/C15H26N4S/c1-3-14(4-2)19-10-7-13(17-19)11-18-8-5-12(6-9-18)15(16)20/h7,10,12,14H,3-6,8-9,11H2,1-2H3,(H2,16,20). The Morgan fingerprint density at radius 2 is 2.05 bits per heavy atom. The second kappa shape index (κ2) is 7.18. The number of nitrogens with zero attached hydrogens (tertiary/aromatic N) is 3. The van der Waals surface area contributed by atoms with Gasteiger partial charge in [-0.15, -0.1) is 0 Å². The van der Waals surface area contributed by atoms with Crippen LogP contribution in [-0.4, -0.2) is 32.8 Å². The van der Waals surface area contributed by atoms with Crippen molar-refractivity contribution in [3.05, 3.63) is 18.0 Å². The molecule has 1 aromatic heterocycles. The molecule has 112 valence electrons. The quantitative estimate of drug-likeness (QED) is 0.820. The van der Waals surface area contributed by atoms with Gasteiger partial charge >= 0.3 is 0 Å². The van der Waals surface area contributed by atoms with Crippen molar-refractivity contribution in [2.75, 3.05) is 13.1 Å². The number of hydrogen-bond donors (Lipinski definition) is 1. The monoisotopic (exact) mass is 294 g/mol. The summed E-state index contributed by atoms with van der Waals surface area (Å²) < 4.78 is 2.12. The van der Waals surface area contributed by atoms with Crippen molar-refractivity contribution in [1.29, 1.82) is 0 Å². The highest BCUT2D eigenvalue weighted by atomic mass is 32.1. The Balaban J connectivity index is 1.87. The van der Waals surface area contributed by atoms with Crippen LogP contribution in [0, 0.1) is 5.92 Å². The summed E-state index contributed by atoms with van der Waals surface area (Å²) in [5, 5.41) is 4.73. The van der Waals surface area contributed by atoms with Gasteiger partial charge in [0.15, 0.2) is 0 Å². The first kappa shape index (κ1) is 15.4. The Kier molecular flexibility index (Phi) is 5.54. The van der Waals surface area contributed by atoms with E-state index >= 15 is 0 Å². The van der Waals surface area contributed by atoms with Crippen molar-refractivity contribution in [2.45, 2.75) is 52.1 Å². The minimum Gasteiger partial charge on any atom is -0.393 e. The number of nitrogens with two attached hydrogens (primary N) is 1. The summed E-state index contributed by atoms with van der Waals surface area (Å²) in [5.74, 6) is 0.434. The molecule has 4 nitrogen and oxygen atoms in total. The van der Waals surface area contributed by atoms with Gasteiger partial charge in [0.1, 0.15) is 0 Å². The predicted molar refractivity (Wildman–Crippen MR) is 86.6 cm³/mol. The third-order valence-corrected chi connectivity index (χ3v) is 4.69. The number of rotatable bonds is 6. The molecular formula is C15H26N4S. The fourth-order valence-corrected chi connectivity index (χ4v) is 3.17. The average molecular weight is 294 g/mol. The highest BCUT2D eigenvalue weighted by Gasteiger charge is 2.21. The molecule has 5 heteroatoms. The molecule has 1 aliphatic rings. The van der Waals surface area contributed by atoms with Crippen molar-refractivity contribution in [2.24, 2.45) is 11.7 Å². The minimum atomic E-state index is 0.434. The molecule has 1 aliphatic heterocycles. The third-order valence-electron chi connectivity index (χ3n) is 4.36. The number of hydrogen-bond acceptors (Lipinski definition) is 3. The van der Waals surface area contributed by atoms with E-state index in [1.54, 1.807) is 0 Å². The molecule has 1 fully saturated rings. The Bertz CT molecular complexity index is 431. The minimum absolute atomic E-state index is 0.434. The second-order valence-electron chi connectivity index (χ2n) is 5.71. The molecule has 0 aliphatic carbocycles. The molecule has 0 amide bonds. The molecule has 2 N–H and O–H groups in total. The number of piperidine rings is 1. The van der Waals surface area contributed by atoms with Crippen molar-refractivity contribution < 1.29 is 0 Å². The maximum atomic E-state index is 5.73. The first-order valence-corrected chi connectivity index (χ1v) is 8.10. The summed E-state index contributed by atoms with van der Waals surface area (Å²) >= 11 is 5.09. The van der Waals surface area contributed by atoms with E-state index in [1.807, 2.05) is 0 Å². The van der Waals surface area contributed by atoms with Crippen LogP contribution in [-0.2, 0) is 6.54 Å². The zero-order valence-electron chi connectivity index (χ0n) is 12.6. The Labute approximate surface area is 127 Å². The van der Waals surface area contributed by atoms with E-state index in [9.17, 15) is 0 Å². The fourth-order valence-electron chi connectivity index (χ4n) is 2.93. The Morgan fingerprint density at radius 3 is 2.60 bits per heavy atom. The third kappa shape index (κ3) is 3.79. The number of aromatic nitrogens is 2. The van der Waals surface area contributed by atoms with Crippen LogP contribution in [0.4, 0.5) is 0 Å². The van der Waals surface area contributed by atoms with E-state index in [4.69, 9.17) is 23.1 Å². The topological polar surface area (TPSA) is 47.1 Å². The maximum Gasteiger partial charge on any atom is 0.0764 e. The van der Waals surface area contributed by atoms with Crippen LogP contribution in [0.3, 0.4) is 0 Å². The maximum absolute atomic E-state index is 5.73. The molecule has 0 aromatic carbocycles. The molecule has 1 aromatic rings. The van der Waals surface area contributed by atoms with Crippen molar-refractivity contribution in [1.82, 2.24) is 14.7 Å². The Hall–Kier alpha value is -0.940. The lowest BCUT2D eigenvalue weighted by Gasteiger charge is -2.30. The first-order valence-electron chi connectivity index (χ1n) is 7.69. The zero-order valence-corrected chi connectivity index (χ0v) is 13.4. The van der Waals surface area contributed by atoms with Crippen molar-refractivity contribution in [3.63, 3.8) is 0 Å². The van der Waals surface area contributed by atoms with Gasteiger partial charge in [0.2, 0.25) is 0 Å². The summed E-state index contributed by atoms with van der Waals surface area (Å²) in [4.78, 5) is 3.14. The fraction of sp³-hybridized carbons (Fsp3) is 0.733. The summed E-state index contributed by atoms with van der Waals surface area (Å²) in [6, 6.07) is 2.68. The van der Waals surface area contributed by atoms with Crippen molar-refractivity contribution in [3.8, 4) is 0 Å². The molecule has 1 saturated heterocycles. The van der Waals surface area contributed by atoms with E-state index in [2.05, 4.69) is 35.7 Å². The molecule has 2 rings (SSSR count). The van der Waals surface area contributed by atoms with Gasteiger partial charge in [-0.2, -0.15) is 5.10 Å². The highest BCUT2D eigenvalue weighted by Crippen LogP contribution is 2.20. The normalized spacial score (nSPS) is 17.8. The smallest absolute Gasteiger partial charge is 0.0764 e. The molecule has 0 spiro atoms. The predicted octanol–water partition coefficient (Wildman–Crippen LogP) is 2.74. The lowest BCUT2D eigenvalue weighted by atomic mass is 9.97. The van der Waals surface area contributed by atoms with E-state index in [0.717, 1.165) is 45.3 Å². The van der Waals surface area contributed by atoms with Gasteiger partial charge in [0.05, 0.1) is 16.7 Å². The Morgan fingerprint density at radius 1 is 1.40 bits per heavy atom. The van der Waals surface area contributed by atoms with Crippen LogP contribution in [0.2, 0.25) is 0 Å². The van der Waals surface area contributed by atoms with Crippen LogP contribution in [0.5, 0.6) is 0 Å². The largest absolute Gasteiger partial charge is 0.393 e. The number of likely N-dealkylation sites (tertiary alicyclic amines) is 1. The van der Waals surface area contributed by atoms with E-state index in [0.29, 0.717) is 16.9 Å². The van der Waals surface area contributed by atoms with E-state index in [-0.39, 0.29) is 0 Å². The summed E-state index contributed by atoms with van der Waals surface area (Å²) in [6.07, 6.45) is 6.56. The molecule has 0 bridgehead atoms. The van der Waals surface area contributed by atoms with E-state index in [1.165, 1.54) is 5.69 Å². The van der Waals surface area contributed by atoms with Gasteiger partial charge in [0.25, 0.3) is 0 Å². The number of thiocarbonyl (C=S) groups is 1. The lowest BCUT2D eigenvalue weighted by Crippen LogP contribution is -2.37. The molecular weight excluding hydrogens is 268 g/mol. The van der Waals surface area contributed by atoms with Crippen LogP contribution in [0.1, 0.15) is 51.3 Å². The summed E-state index contributed by atoms with van der Waals surface area (Å²) in [7, 11) is 0. The molecule has 2 heterocycles.